The molecule has 2 heterocycles. The second-order valence-electron chi connectivity index (χ2n) is 5.76. The van der Waals surface area contributed by atoms with E-state index in [-0.39, 0.29) is 0 Å². The molecule has 2 aromatic rings. The minimum atomic E-state index is 0.588. The molecule has 0 bridgehead atoms. The highest BCUT2D eigenvalue weighted by molar-refractivity contribution is 7.99. The van der Waals surface area contributed by atoms with Gasteiger partial charge in [0, 0.05) is 25.3 Å². The van der Waals surface area contributed by atoms with Crippen LogP contribution < -0.4 is 4.90 Å². The van der Waals surface area contributed by atoms with Crippen LogP contribution in [0.4, 0.5) is 5.95 Å². The molecule has 1 aliphatic heterocycles. The molecule has 0 atom stereocenters. The maximum Gasteiger partial charge on any atom is 0.232 e. The molecular formula is C17H21N5S. The highest BCUT2D eigenvalue weighted by Gasteiger charge is 2.22. The Hall–Kier alpha value is -2.00. The number of thioether (sulfide) groups is 1. The van der Waals surface area contributed by atoms with Crippen LogP contribution in [-0.4, -0.2) is 33.6 Å². The quantitative estimate of drug-likeness (QED) is 0.599. The van der Waals surface area contributed by atoms with Crippen LogP contribution in [0.25, 0.3) is 5.69 Å². The van der Waals surface area contributed by atoms with Crippen LogP contribution in [0.3, 0.4) is 0 Å². The van der Waals surface area contributed by atoms with Crippen molar-refractivity contribution in [3.63, 3.8) is 0 Å². The third-order valence-corrected chi connectivity index (χ3v) is 4.98. The summed E-state index contributed by atoms with van der Waals surface area (Å²) >= 11 is 1.68. The molecule has 5 nitrogen and oxygen atoms in total. The molecule has 23 heavy (non-hydrogen) atoms. The predicted molar refractivity (Wildman–Crippen MR) is 93.1 cm³/mol. The molecule has 0 spiro atoms. The molecule has 1 aliphatic rings. The van der Waals surface area contributed by atoms with Gasteiger partial charge in [-0.3, -0.25) is 4.57 Å². The van der Waals surface area contributed by atoms with E-state index in [1.165, 1.54) is 18.4 Å². The van der Waals surface area contributed by atoms with Gasteiger partial charge in [0.2, 0.25) is 5.95 Å². The van der Waals surface area contributed by atoms with Crippen LogP contribution in [-0.2, 0) is 0 Å². The fourth-order valence-electron chi connectivity index (χ4n) is 2.71. The average molecular weight is 327 g/mol. The Morgan fingerprint density at radius 2 is 1.91 bits per heavy atom. The first kappa shape index (κ1) is 15.9. The van der Waals surface area contributed by atoms with E-state index in [0.29, 0.717) is 6.42 Å². The summed E-state index contributed by atoms with van der Waals surface area (Å²) in [7, 11) is 0. The van der Waals surface area contributed by atoms with Crippen molar-refractivity contribution < 1.29 is 0 Å². The lowest BCUT2D eigenvalue weighted by atomic mass is 10.2. The first-order chi connectivity index (χ1) is 11.3. The maximum absolute atomic E-state index is 8.67. The molecule has 1 aromatic heterocycles. The number of benzene rings is 1. The van der Waals surface area contributed by atoms with Gasteiger partial charge in [0.15, 0.2) is 5.16 Å². The van der Waals surface area contributed by atoms with Gasteiger partial charge >= 0.3 is 0 Å². The first-order valence-electron chi connectivity index (χ1n) is 8.07. The van der Waals surface area contributed by atoms with E-state index in [1.54, 1.807) is 11.8 Å². The van der Waals surface area contributed by atoms with Crippen molar-refractivity contribution in [2.75, 3.05) is 23.7 Å². The van der Waals surface area contributed by atoms with Gasteiger partial charge in [-0.1, -0.05) is 29.5 Å². The number of aromatic nitrogens is 3. The number of unbranched alkanes of at least 4 members (excludes halogenated alkanes) is 1. The minimum absolute atomic E-state index is 0.588. The summed E-state index contributed by atoms with van der Waals surface area (Å²) in [5.41, 5.74) is 2.35. The topological polar surface area (TPSA) is 57.7 Å². The van der Waals surface area contributed by atoms with Gasteiger partial charge in [-0.25, -0.2) is 0 Å². The van der Waals surface area contributed by atoms with Gasteiger partial charge < -0.3 is 4.90 Å². The van der Waals surface area contributed by atoms with Gasteiger partial charge in [-0.2, -0.15) is 5.26 Å². The van der Waals surface area contributed by atoms with Gasteiger partial charge in [-0.15, -0.1) is 10.2 Å². The Bertz CT molecular complexity index is 680. The van der Waals surface area contributed by atoms with E-state index < -0.39 is 0 Å². The Balaban J connectivity index is 1.89. The number of hydrogen-bond donors (Lipinski definition) is 0. The Morgan fingerprint density at radius 3 is 2.61 bits per heavy atom. The summed E-state index contributed by atoms with van der Waals surface area (Å²) < 4.78 is 2.15. The van der Waals surface area contributed by atoms with Crippen molar-refractivity contribution in [3.05, 3.63) is 29.8 Å². The van der Waals surface area contributed by atoms with E-state index in [9.17, 15) is 0 Å². The van der Waals surface area contributed by atoms with E-state index in [2.05, 4.69) is 56.9 Å². The Labute approximate surface area is 141 Å². The zero-order valence-corrected chi connectivity index (χ0v) is 14.2. The number of aryl methyl sites for hydroxylation is 1. The Kier molecular flexibility index (Phi) is 5.19. The molecule has 1 saturated heterocycles. The molecule has 1 fully saturated rings. The lowest BCUT2D eigenvalue weighted by Gasteiger charge is -2.18. The van der Waals surface area contributed by atoms with Crippen molar-refractivity contribution in [3.8, 4) is 11.8 Å². The third kappa shape index (κ3) is 3.67. The van der Waals surface area contributed by atoms with Crippen molar-refractivity contribution >= 4 is 17.7 Å². The lowest BCUT2D eigenvalue weighted by Crippen LogP contribution is -2.22. The molecule has 0 aliphatic carbocycles. The van der Waals surface area contributed by atoms with Gasteiger partial charge in [0.25, 0.3) is 0 Å². The van der Waals surface area contributed by atoms with Crippen molar-refractivity contribution in [1.82, 2.24) is 14.8 Å². The van der Waals surface area contributed by atoms with Gasteiger partial charge in [0.05, 0.1) is 11.8 Å². The fourth-order valence-corrected chi connectivity index (χ4v) is 3.60. The van der Waals surface area contributed by atoms with Gasteiger partial charge in [-0.05, 0) is 38.3 Å². The molecular weight excluding hydrogens is 306 g/mol. The number of nitriles is 1. The maximum atomic E-state index is 8.67. The van der Waals surface area contributed by atoms with Crippen molar-refractivity contribution in [2.24, 2.45) is 0 Å². The van der Waals surface area contributed by atoms with E-state index in [1.807, 2.05) is 0 Å². The number of rotatable bonds is 6. The fraction of sp³-hybridized carbons (Fsp3) is 0.471. The molecule has 0 saturated carbocycles. The number of nitrogens with zero attached hydrogens (tertiary/aromatic N) is 5. The Morgan fingerprint density at radius 1 is 1.17 bits per heavy atom. The largest absolute Gasteiger partial charge is 0.341 e. The highest BCUT2D eigenvalue weighted by Crippen LogP contribution is 2.29. The SMILES string of the molecule is Cc1ccc(-n2c(SCCCC#N)nnc2N2CCCC2)cc1. The zero-order valence-electron chi connectivity index (χ0n) is 13.4. The lowest BCUT2D eigenvalue weighted by molar-refractivity contribution is 0.839. The smallest absolute Gasteiger partial charge is 0.232 e. The van der Waals surface area contributed by atoms with Crippen molar-refractivity contribution in [2.45, 2.75) is 37.8 Å². The molecule has 0 radical (unpaired) electrons. The molecule has 0 amide bonds. The zero-order chi connectivity index (χ0) is 16.1. The summed E-state index contributed by atoms with van der Waals surface area (Å²) in [4.78, 5) is 2.31. The standard InChI is InChI=1S/C17H21N5S/c1-14-6-8-15(9-7-14)22-16(21-11-3-4-12-21)19-20-17(22)23-13-5-2-10-18/h6-9H,2-5,11-13H2,1H3. The van der Waals surface area contributed by atoms with Crippen molar-refractivity contribution in [1.29, 1.82) is 5.26 Å². The minimum Gasteiger partial charge on any atom is -0.341 e. The van der Waals surface area contributed by atoms with Crippen LogP contribution in [0.2, 0.25) is 0 Å². The van der Waals surface area contributed by atoms with Crippen LogP contribution in [0.15, 0.2) is 29.4 Å². The van der Waals surface area contributed by atoms with Crippen LogP contribution in [0.1, 0.15) is 31.2 Å². The van der Waals surface area contributed by atoms with E-state index in [0.717, 1.165) is 42.1 Å². The predicted octanol–water partition coefficient (Wildman–Crippen LogP) is 3.57. The van der Waals surface area contributed by atoms with Crippen LogP contribution in [0, 0.1) is 18.3 Å². The average Bonchev–Trinajstić information content (AvgIpc) is 3.21. The summed E-state index contributed by atoms with van der Waals surface area (Å²) in [6.07, 6.45) is 3.89. The summed E-state index contributed by atoms with van der Waals surface area (Å²) in [5, 5.41) is 18.4. The van der Waals surface area contributed by atoms with Gasteiger partial charge in [0.1, 0.15) is 0 Å². The second kappa shape index (κ2) is 7.51. The summed E-state index contributed by atoms with van der Waals surface area (Å²) in [5.74, 6) is 1.83. The molecule has 0 N–H and O–H groups in total. The van der Waals surface area contributed by atoms with E-state index in [4.69, 9.17) is 5.26 Å². The molecule has 6 heteroatoms. The molecule has 120 valence electrons. The molecule has 1 aromatic carbocycles. The normalized spacial score (nSPS) is 14.2. The van der Waals surface area contributed by atoms with Crippen LogP contribution in [0.5, 0.6) is 0 Å². The second-order valence-corrected chi connectivity index (χ2v) is 6.82. The monoisotopic (exact) mass is 327 g/mol. The number of hydrogen-bond acceptors (Lipinski definition) is 5. The third-order valence-electron chi connectivity index (χ3n) is 3.96. The summed E-state index contributed by atoms with van der Waals surface area (Å²) in [6, 6.07) is 10.7. The molecule has 0 unspecified atom stereocenters. The highest BCUT2D eigenvalue weighted by atomic mass is 32.2. The summed E-state index contributed by atoms with van der Waals surface area (Å²) in [6.45, 7) is 4.18. The number of anilines is 1. The first-order valence-corrected chi connectivity index (χ1v) is 9.05. The van der Waals surface area contributed by atoms with E-state index >= 15 is 0 Å². The van der Waals surface area contributed by atoms with Crippen LogP contribution >= 0.6 is 11.8 Å². The molecule has 3 rings (SSSR count).